The van der Waals surface area contributed by atoms with E-state index in [4.69, 9.17) is 5.21 Å². The second-order valence-corrected chi connectivity index (χ2v) is 3.97. The van der Waals surface area contributed by atoms with Crippen molar-refractivity contribution in [2.24, 2.45) is 10.6 Å². The summed E-state index contributed by atoms with van der Waals surface area (Å²) in [4.78, 5) is 0. The first-order chi connectivity index (χ1) is 5.45. The highest BCUT2D eigenvalue weighted by Gasteiger charge is 2.31. The summed E-state index contributed by atoms with van der Waals surface area (Å²) in [6, 6.07) is 0. The average molecular weight is 197 g/mol. The lowest BCUT2D eigenvalue weighted by molar-refractivity contribution is 0.199. The maximum Gasteiger partial charge on any atom is 0.280 e. The largest absolute Gasteiger partial charge is 0.411 e. The number of halogens is 2. The SMILES string of the molecule is CSCC(C)(C)/C(=N\O)C(F)F. The average Bonchev–Trinajstić information content (AvgIpc) is 1.86. The van der Waals surface area contributed by atoms with Crippen LogP contribution >= 0.6 is 11.8 Å². The van der Waals surface area contributed by atoms with Crippen molar-refractivity contribution in [1.82, 2.24) is 0 Å². The quantitative estimate of drug-likeness (QED) is 0.426. The highest BCUT2D eigenvalue weighted by atomic mass is 32.2. The van der Waals surface area contributed by atoms with Crippen LogP contribution < -0.4 is 0 Å². The summed E-state index contributed by atoms with van der Waals surface area (Å²) >= 11 is 1.44. The van der Waals surface area contributed by atoms with E-state index in [-0.39, 0.29) is 0 Å². The molecule has 0 aromatic heterocycles. The summed E-state index contributed by atoms with van der Waals surface area (Å²) < 4.78 is 24.4. The predicted molar refractivity (Wildman–Crippen MR) is 47.4 cm³/mol. The predicted octanol–water partition coefficient (Wildman–Crippen LogP) is 2.47. The molecule has 12 heavy (non-hydrogen) atoms. The Morgan fingerprint density at radius 3 is 2.33 bits per heavy atom. The molecule has 0 spiro atoms. The second-order valence-electron chi connectivity index (χ2n) is 3.10. The van der Waals surface area contributed by atoms with Crippen LogP contribution in [0.15, 0.2) is 5.16 Å². The molecule has 0 atom stereocenters. The molecule has 0 saturated carbocycles. The van der Waals surface area contributed by atoms with Gasteiger partial charge in [-0.15, -0.1) is 0 Å². The minimum atomic E-state index is -2.68. The van der Waals surface area contributed by atoms with E-state index in [0.29, 0.717) is 5.75 Å². The van der Waals surface area contributed by atoms with Gasteiger partial charge in [-0.1, -0.05) is 19.0 Å². The fourth-order valence-corrected chi connectivity index (χ4v) is 1.78. The molecule has 72 valence electrons. The van der Waals surface area contributed by atoms with Crippen molar-refractivity contribution in [3.63, 3.8) is 0 Å². The van der Waals surface area contributed by atoms with Crippen molar-refractivity contribution in [2.45, 2.75) is 20.3 Å². The summed E-state index contributed by atoms with van der Waals surface area (Å²) in [6.45, 7) is 3.26. The van der Waals surface area contributed by atoms with Crippen LogP contribution in [-0.2, 0) is 0 Å². The van der Waals surface area contributed by atoms with Crippen LogP contribution in [0.1, 0.15) is 13.8 Å². The first kappa shape index (κ1) is 11.7. The third-order valence-corrected chi connectivity index (χ3v) is 2.52. The molecule has 0 aliphatic rings. The van der Waals surface area contributed by atoms with E-state index in [1.807, 2.05) is 6.26 Å². The first-order valence-electron chi connectivity index (χ1n) is 3.45. The molecule has 2 nitrogen and oxygen atoms in total. The fourth-order valence-electron chi connectivity index (χ4n) is 0.909. The van der Waals surface area contributed by atoms with Gasteiger partial charge >= 0.3 is 0 Å². The molecule has 0 amide bonds. The van der Waals surface area contributed by atoms with Crippen LogP contribution in [0.25, 0.3) is 0 Å². The van der Waals surface area contributed by atoms with Gasteiger partial charge in [0.15, 0.2) is 0 Å². The van der Waals surface area contributed by atoms with Gasteiger partial charge in [0, 0.05) is 11.2 Å². The van der Waals surface area contributed by atoms with Gasteiger partial charge in [0.25, 0.3) is 6.43 Å². The van der Waals surface area contributed by atoms with E-state index in [1.54, 1.807) is 13.8 Å². The molecular formula is C7H13F2NOS. The van der Waals surface area contributed by atoms with E-state index < -0.39 is 17.6 Å². The highest BCUT2D eigenvalue weighted by molar-refractivity contribution is 7.98. The van der Waals surface area contributed by atoms with Crippen LogP contribution in [0.3, 0.4) is 0 Å². The summed E-state index contributed by atoms with van der Waals surface area (Å²) in [5.41, 5.74) is -1.20. The van der Waals surface area contributed by atoms with E-state index in [1.165, 1.54) is 11.8 Å². The molecule has 0 heterocycles. The molecular weight excluding hydrogens is 184 g/mol. The Kier molecular flexibility index (Phi) is 4.52. The third kappa shape index (κ3) is 2.97. The normalized spacial score (nSPS) is 14.0. The van der Waals surface area contributed by atoms with Crippen LogP contribution in [-0.4, -0.2) is 29.4 Å². The molecule has 0 aliphatic heterocycles. The molecule has 0 radical (unpaired) electrons. The van der Waals surface area contributed by atoms with Gasteiger partial charge in [-0.25, -0.2) is 8.78 Å². The van der Waals surface area contributed by atoms with Crippen LogP contribution in [0.2, 0.25) is 0 Å². The molecule has 0 saturated heterocycles. The zero-order chi connectivity index (χ0) is 9.78. The lowest BCUT2D eigenvalue weighted by Crippen LogP contribution is -2.32. The molecule has 0 aliphatic carbocycles. The number of hydrogen-bond acceptors (Lipinski definition) is 3. The topological polar surface area (TPSA) is 32.6 Å². The van der Waals surface area contributed by atoms with Crippen LogP contribution in [0.4, 0.5) is 8.78 Å². The highest BCUT2D eigenvalue weighted by Crippen LogP contribution is 2.25. The zero-order valence-electron chi connectivity index (χ0n) is 7.34. The van der Waals surface area contributed by atoms with Crippen molar-refractivity contribution in [1.29, 1.82) is 0 Å². The second kappa shape index (κ2) is 4.64. The van der Waals surface area contributed by atoms with Crippen molar-refractivity contribution >= 4 is 17.5 Å². The monoisotopic (exact) mass is 197 g/mol. The minimum Gasteiger partial charge on any atom is -0.411 e. The van der Waals surface area contributed by atoms with Gasteiger partial charge < -0.3 is 5.21 Å². The lowest BCUT2D eigenvalue weighted by Gasteiger charge is -2.23. The fraction of sp³-hybridized carbons (Fsp3) is 0.857. The number of nitrogens with zero attached hydrogens (tertiary/aromatic N) is 1. The van der Waals surface area contributed by atoms with Gasteiger partial charge in [-0.05, 0) is 6.26 Å². The van der Waals surface area contributed by atoms with Crippen molar-refractivity contribution in [3.05, 3.63) is 0 Å². The molecule has 0 rings (SSSR count). The van der Waals surface area contributed by atoms with E-state index >= 15 is 0 Å². The van der Waals surface area contributed by atoms with Gasteiger partial charge in [0.2, 0.25) is 0 Å². The molecule has 0 bridgehead atoms. The van der Waals surface area contributed by atoms with E-state index in [9.17, 15) is 8.78 Å². The third-order valence-electron chi connectivity index (χ3n) is 1.51. The minimum absolute atomic E-state index is 0.447. The Labute approximate surface area is 75.0 Å². The summed E-state index contributed by atoms with van der Waals surface area (Å²) in [7, 11) is 0. The van der Waals surface area contributed by atoms with Gasteiger partial charge in [-0.2, -0.15) is 11.8 Å². The smallest absolute Gasteiger partial charge is 0.280 e. The van der Waals surface area contributed by atoms with Crippen LogP contribution in [0.5, 0.6) is 0 Å². The first-order valence-corrected chi connectivity index (χ1v) is 4.84. The maximum absolute atomic E-state index is 12.2. The maximum atomic E-state index is 12.2. The lowest BCUT2D eigenvalue weighted by atomic mass is 9.90. The molecule has 0 aromatic rings. The Morgan fingerprint density at radius 2 is 2.08 bits per heavy atom. The molecule has 0 fully saturated rings. The Hall–Kier alpha value is -0.320. The number of hydrogen-bond donors (Lipinski definition) is 1. The molecule has 0 aromatic carbocycles. The van der Waals surface area contributed by atoms with Gasteiger partial charge in [0.05, 0.1) is 0 Å². The Balaban J connectivity index is 4.49. The summed E-state index contributed by atoms with van der Waals surface area (Å²) in [6.07, 6.45) is -0.862. The zero-order valence-corrected chi connectivity index (χ0v) is 8.16. The molecule has 0 unspecified atom stereocenters. The number of rotatable bonds is 4. The summed E-state index contributed by atoms with van der Waals surface area (Å²) in [5.74, 6) is 0.511. The summed E-state index contributed by atoms with van der Waals surface area (Å²) in [5, 5.41) is 11.0. The van der Waals surface area contributed by atoms with Gasteiger partial charge in [-0.3, -0.25) is 0 Å². The molecule has 1 N–H and O–H groups in total. The van der Waals surface area contributed by atoms with E-state index in [2.05, 4.69) is 5.16 Å². The number of alkyl halides is 2. The molecule has 5 heteroatoms. The Bertz CT molecular complexity index is 171. The number of thioether (sulfide) groups is 1. The van der Waals surface area contributed by atoms with Crippen molar-refractivity contribution < 1.29 is 14.0 Å². The Morgan fingerprint density at radius 1 is 1.58 bits per heavy atom. The van der Waals surface area contributed by atoms with Crippen molar-refractivity contribution in [3.8, 4) is 0 Å². The number of oxime groups is 1. The van der Waals surface area contributed by atoms with Gasteiger partial charge in [0.1, 0.15) is 5.71 Å². The standard InChI is InChI=1S/C7H13F2NOS/c1-7(2,4-12-3)5(10-11)6(8)9/h6,11H,4H2,1-3H3/b10-5-. The van der Waals surface area contributed by atoms with Crippen LogP contribution in [0, 0.1) is 5.41 Å². The van der Waals surface area contributed by atoms with E-state index in [0.717, 1.165) is 0 Å². The van der Waals surface area contributed by atoms with Crippen molar-refractivity contribution in [2.75, 3.05) is 12.0 Å².